The molecule has 0 amide bonds. The van der Waals surface area contributed by atoms with Crippen LogP contribution in [0.2, 0.25) is 0 Å². The van der Waals surface area contributed by atoms with Crippen LogP contribution in [0.15, 0.2) is 28.7 Å². The monoisotopic (exact) mass is 264 g/mol. The van der Waals surface area contributed by atoms with Crippen molar-refractivity contribution in [3.8, 4) is 0 Å². The van der Waals surface area contributed by atoms with E-state index >= 15 is 0 Å². The third-order valence-corrected chi connectivity index (χ3v) is 3.23. The van der Waals surface area contributed by atoms with Crippen LogP contribution in [0, 0.1) is 0 Å². The second-order valence-corrected chi connectivity index (χ2v) is 5.23. The number of quaternary nitrogens is 1. The molecular weight excluding hydrogens is 257 g/mol. The maximum Gasteiger partial charge on any atom is 0.135 e. The molecule has 1 aromatic carbocycles. The summed E-state index contributed by atoms with van der Waals surface area (Å²) in [5.41, 5.74) is 3.72. The predicted molar refractivity (Wildman–Crippen MR) is 47.4 cm³/mol. The Bertz CT molecular complexity index is 334. The molecule has 0 radical (unpaired) electrons. The Morgan fingerprint density at radius 1 is 1.31 bits per heavy atom. The van der Waals surface area contributed by atoms with Gasteiger partial charge in [0.1, 0.15) is 5.78 Å². The minimum atomic E-state index is -4.62. The SMILES string of the molecule is [NH3+][C@H](c1ccc(Br)cc1)P(=O)([O-])[O-]. The van der Waals surface area contributed by atoms with Crippen LogP contribution in [0.25, 0.3) is 0 Å². The molecular formula is C7H8BrNO3P-. The van der Waals surface area contributed by atoms with Gasteiger partial charge in [0, 0.05) is 10.0 Å². The molecule has 72 valence electrons. The lowest BCUT2D eigenvalue weighted by Gasteiger charge is -2.32. The zero-order chi connectivity index (χ0) is 10.1. The first-order valence-electron chi connectivity index (χ1n) is 3.51. The van der Waals surface area contributed by atoms with E-state index in [2.05, 4.69) is 21.7 Å². The van der Waals surface area contributed by atoms with Crippen molar-refractivity contribution in [3.05, 3.63) is 34.3 Å². The Balaban J connectivity index is 2.97. The van der Waals surface area contributed by atoms with Crippen molar-refractivity contribution >= 4 is 23.5 Å². The number of hydrogen-bond acceptors (Lipinski definition) is 3. The van der Waals surface area contributed by atoms with Crippen LogP contribution in [-0.2, 0) is 4.57 Å². The fourth-order valence-electron chi connectivity index (χ4n) is 0.868. The first kappa shape index (κ1) is 10.9. The summed E-state index contributed by atoms with van der Waals surface area (Å²) in [5, 5.41) is 0. The van der Waals surface area contributed by atoms with Gasteiger partial charge in [0.2, 0.25) is 0 Å². The van der Waals surface area contributed by atoms with Crippen molar-refractivity contribution < 1.29 is 20.1 Å². The summed E-state index contributed by atoms with van der Waals surface area (Å²) in [6.07, 6.45) is 0. The Labute approximate surface area is 84.1 Å². The van der Waals surface area contributed by atoms with Gasteiger partial charge < -0.3 is 20.1 Å². The van der Waals surface area contributed by atoms with E-state index in [9.17, 15) is 14.4 Å². The van der Waals surface area contributed by atoms with E-state index in [0.29, 0.717) is 5.56 Å². The number of hydrogen-bond donors (Lipinski definition) is 1. The molecule has 1 atom stereocenters. The highest BCUT2D eigenvalue weighted by atomic mass is 79.9. The lowest BCUT2D eigenvalue weighted by molar-refractivity contribution is -0.434. The minimum Gasteiger partial charge on any atom is -0.806 e. The molecule has 6 heteroatoms. The zero-order valence-electron chi connectivity index (χ0n) is 6.64. The van der Waals surface area contributed by atoms with E-state index in [4.69, 9.17) is 0 Å². The van der Waals surface area contributed by atoms with Crippen molar-refractivity contribution in [1.29, 1.82) is 0 Å². The molecule has 0 aliphatic carbocycles. The normalized spacial score (nSPS) is 14.2. The molecule has 0 spiro atoms. The topological polar surface area (TPSA) is 90.8 Å². The molecule has 0 bridgehead atoms. The van der Waals surface area contributed by atoms with Gasteiger partial charge in [-0.1, -0.05) is 28.1 Å². The van der Waals surface area contributed by atoms with E-state index in [-0.39, 0.29) is 0 Å². The van der Waals surface area contributed by atoms with Gasteiger partial charge >= 0.3 is 0 Å². The van der Waals surface area contributed by atoms with Gasteiger partial charge in [-0.05, 0) is 19.7 Å². The molecule has 0 heterocycles. The molecule has 3 N–H and O–H groups in total. The van der Waals surface area contributed by atoms with Gasteiger partial charge in [-0.3, -0.25) is 0 Å². The molecule has 13 heavy (non-hydrogen) atoms. The summed E-state index contributed by atoms with van der Waals surface area (Å²) in [5.74, 6) is -1.21. The van der Waals surface area contributed by atoms with Gasteiger partial charge in [-0.2, -0.15) is 0 Å². The first-order chi connectivity index (χ1) is 5.91. The molecule has 1 rings (SSSR count). The van der Waals surface area contributed by atoms with Crippen molar-refractivity contribution in [3.63, 3.8) is 0 Å². The van der Waals surface area contributed by atoms with E-state index in [1.54, 1.807) is 24.3 Å². The summed E-state index contributed by atoms with van der Waals surface area (Å²) in [7, 11) is -4.62. The average molecular weight is 265 g/mol. The highest BCUT2D eigenvalue weighted by Gasteiger charge is 2.12. The minimum absolute atomic E-state index is 0.413. The lowest BCUT2D eigenvalue weighted by Crippen LogP contribution is -2.56. The highest BCUT2D eigenvalue weighted by Crippen LogP contribution is 2.38. The standard InChI is InChI=1S/C7H9BrNO3P/c8-6-3-1-5(2-4-6)7(9)13(10,11)12/h1-4,7H,9H2,(H2,10,11,12)/p-1/t7-/m0/s1. The molecule has 0 aliphatic heterocycles. The quantitative estimate of drug-likeness (QED) is 0.738. The van der Waals surface area contributed by atoms with E-state index < -0.39 is 13.4 Å². The largest absolute Gasteiger partial charge is 0.806 e. The second kappa shape index (κ2) is 3.90. The smallest absolute Gasteiger partial charge is 0.135 e. The van der Waals surface area contributed by atoms with Crippen LogP contribution < -0.4 is 15.5 Å². The number of halogens is 1. The zero-order valence-corrected chi connectivity index (χ0v) is 9.12. The lowest BCUT2D eigenvalue weighted by atomic mass is 10.2. The van der Waals surface area contributed by atoms with E-state index in [0.717, 1.165) is 4.47 Å². The van der Waals surface area contributed by atoms with Crippen LogP contribution in [0.1, 0.15) is 11.3 Å². The summed E-state index contributed by atoms with van der Waals surface area (Å²) in [6, 6.07) is 6.46. The van der Waals surface area contributed by atoms with Crippen LogP contribution in [0.5, 0.6) is 0 Å². The third-order valence-electron chi connectivity index (χ3n) is 1.64. The molecule has 1 aromatic rings. The van der Waals surface area contributed by atoms with Crippen LogP contribution in [0.4, 0.5) is 0 Å². The first-order valence-corrected chi connectivity index (χ1v) is 5.92. The summed E-state index contributed by atoms with van der Waals surface area (Å²) in [6.45, 7) is 0. The van der Waals surface area contributed by atoms with Crippen LogP contribution in [-0.4, -0.2) is 0 Å². The maximum atomic E-state index is 10.6. The molecule has 0 unspecified atom stereocenters. The number of benzene rings is 1. The fourth-order valence-corrected chi connectivity index (χ4v) is 1.67. The fraction of sp³-hybridized carbons (Fsp3) is 0.143. The van der Waals surface area contributed by atoms with E-state index in [1.165, 1.54) is 0 Å². The molecule has 0 aliphatic rings. The van der Waals surface area contributed by atoms with Crippen molar-refractivity contribution in [2.24, 2.45) is 0 Å². The van der Waals surface area contributed by atoms with E-state index in [1.807, 2.05) is 0 Å². The van der Waals surface area contributed by atoms with Crippen molar-refractivity contribution in [2.75, 3.05) is 0 Å². The molecule has 0 fully saturated rings. The van der Waals surface area contributed by atoms with Gasteiger partial charge in [0.05, 0.1) is 0 Å². The Morgan fingerprint density at radius 3 is 2.15 bits per heavy atom. The van der Waals surface area contributed by atoms with Gasteiger partial charge in [0.15, 0.2) is 0 Å². The van der Waals surface area contributed by atoms with Crippen molar-refractivity contribution in [2.45, 2.75) is 5.78 Å². The molecule has 0 saturated carbocycles. The molecule has 0 aromatic heterocycles. The van der Waals surface area contributed by atoms with Crippen LogP contribution >= 0.6 is 23.5 Å². The summed E-state index contributed by atoms with van der Waals surface area (Å²) in [4.78, 5) is 21.2. The molecule has 0 saturated heterocycles. The van der Waals surface area contributed by atoms with Gasteiger partial charge in [0.25, 0.3) is 0 Å². The predicted octanol–water partition coefficient (Wildman–Crippen LogP) is -0.397. The average Bonchev–Trinajstić information content (AvgIpc) is 2.03. The number of rotatable bonds is 2. The summed E-state index contributed by atoms with van der Waals surface area (Å²) >= 11 is 3.20. The maximum absolute atomic E-state index is 10.6. The van der Waals surface area contributed by atoms with Crippen molar-refractivity contribution in [1.82, 2.24) is 0 Å². The van der Waals surface area contributed by atoms with Gasteiger partial charge in [-0.15, -0.1) is 0 Å². The van der Waals surface area contributed by atoms with Crippen LogP contribution in [0.3, 0.4) is 0 Å². The Hall–Kier alpha value is -0.190. The third kappa shape index (κ3) is 2.90. The second-order valence-electron chi connectivity index (χ2n) is 2.61. The Kier molecular flexibility index (Phi) is 3.27. The summed E-state index contributed by atoms with van der Waals surface area (Å²) < 4.78 is 11.4. The van der Waals surface area contributed by atoms with Gasteiger partial charge in [-0.25, -0.2) is 0 Å². The molecule has 4 nitrogen and oxygen atoms in total. The Morgan fingerprint density at radius 2 is 1.77 bits per heavy atom. The highest BCUT2D eigenvalue weighted by molar-refractivity contribution is 9.10.